The van der Waals surface area contributed by atoms with E-state index in [0.717, 1.165) is 6.07 Å². The van der Waals surface area contributed by atoms with Crippen LogP contribution in [0.1, 0.15) is 10.4 Å². The molecule has 0 spiro atoms. The van der Waals surface area contributed by atoms with Crippen molar-refractivity contribution >= 4 is 17.6 Å². The first-order chi connectivity index (χ1) is 8.49. The monoisotopic (exact) mass is 268 g/mol. The van der Waals surface area contributed by atoms with E-state index in [9.17, 15) is 13.6 Å². The van der Waals surface area contributed by atoms with Crippen molar-refractivity contribution in [1.82, 2.24) is 0 Å². The number of aromatic carboxylic acids is 1. The van der Waals surface area contributed by atoms with Crippen LogP contribution in [0.5, 0.6) is 0 Å². The topological polar surface area (TPSA) is 37.3 Å². The molecule has 18 heavy (non-hydrogen) atoms. The maximum atomic E-state index is 13.7. The lowest BCUT2D eigenvalue weighted by molar-refractivity contribution is 0.0691. The molecule has 0 atom stereocenters. The van der Waals surface area contributed by atoms with Gasteiger partial charge in [-0.1, -0.05) is 23.7 Å². The Morgan fingerprint density at radius 3 is 2.44 bits per heavy atom. The van der Waals surface area contributed by atoms with Gasteiger partial charge in [0.25, 0.3) is 0 Å². The lowest BCUT2D eigenvalue weighted by Gasteiger charge is -2.06. The maximum Gasteiger partial charge on any atom is 0.338 e. The summed E-state index contributed by atoms with van der Waals surface area (Å²) in [6.45, 7) is 0. The van der Waals surface area contributed by atoms with Gasteiger partial charge in [-0.3, -0.25) is 0 Å². The second-order valence-electron chi connectivity index (χ2n) is 3.63. The molecule has 2 aromatic carbocycles. The molecule has 0 saturated carbocycles. The number of hydrogen-bond donors (Lipinski definition) is 1. The molecule has 0 amide bonds. The Morgan fingerprint density at radius 1 is 1.11 bits per heavy atom. The third-order valence-corrected chi connectivity index (χ3v) is 2.66. The summed E-state index contributed by atoms with van der Waals surface area (Å²) in [4.78, 5) is 10.6. The molecule has 2 nitrogen and oxygen atoms in total. The summed E-state index contributed by atoms with van der Waals surface area (Å²) < 4.78 is 27.2. The summed E-state index contributed by atoms with van der Waals surface area (Å²) >= 11 is 5.76. The van der Waals surface area contributed by atoms with Gasteiger partial charge in [-0.25, -0.2) is 13.6 Å². The Morgan fingerprint density at radius 2 is 1.83 bits per heavy atom. The van der Waals surface area contributed by atoms with E-state index in [2.05, 4.69) is 0 Å². The Hall–Kier alpha value is -1.94. The van der Waals surface area contributed by atoms with E-state index >= 15 is 0 Å². The van der Waals surface area contributed by atoms with Crippen molar-refractivity contribution in [3.05, 3.63) is 58.6 Å². The standard InChI is InChI=1S/C13H7ClF2O2/c14-8-3-1-2-7(4-8)9-5-12(16)10(13(17)18)6-11(9)15/h1-6H,(H,17,18). The molecule has 0 aromatic heterocycles. The minimum absolute atomic E-state index is 0.0278. The van der Waals surface area contributed by atoms with Crippen LogP contribution in [0.25, 0.3) is 11.1 Å². The number of carboxylic acid groups (broad SMARTS) is 1. The first kappa shape index (κ1) is 12.5. The first-order valence-electron chi connectivity index (χ1n) is 4.97. The van der Waals surface area contributed by atoms with Crippen molar-refractivity contribution in [2.75, 3.05) is 0 Å². The molecule has 0 aliphatic rings. The van der Waals surface area contributed by atoms with Gasteiger partial charge in [0, 0.05) is 10.6 Å². The predicted octanol–water partition coefficient (Wildman–Crippen LogP) is 3.98. The minimum atomic E-state index is -1.51. The van der Waals surface area contributed by atoms with Crippen LogP contribution in [-0.2, 0) is 0 Å². The van der Waals surface area contributed by atoms with Gasteiger partial charge >= 0.3 is 5.97 Å². The van der Waals surface area contributed by atoms with E-state index in [4.69, 9.17) is 16.7 Å². The van der Waals surface area contributed by atoms with Crippen LogP contribution in [0.2, 0.25) is 5.02 Å². The first-order valence-corrected chi connectivity index (χ1v) is 5.35. The highest BCUT2D eigenvalue weighted by atomic mass is 35.5. The third kappa shape index (κ3) is 2.33. The van der Waals surface area contributed by atoms with Gasteiger partial charge in [-0.05, 0) is 29.8 Å². The molecular formula is C13H7ClF2O2. The van der Waals surface area contributed by atoms with Crippen LogP contribution in [0.4, 0.5) is 8.78 Å². The average molecular weight is 269 g/mol. The molecule has 2 aromatic rings. The van der Waals surface area contributed by atoms with Gasteiger partial charge in [0.2, 0.25) is 0 Å². The molecule has 0 aliphatic heterocycles. The summed E-state index contributed by atoms with van der Waals surface area (Å²) in [7, 11) is 0. The van der Waals surface area contributed by atoms with Crippen LogP contribution in [0.3, 0.4) is 0 Å². The number of benzene rings is 2. The number of rotatable bonds is 2. The molecule has 0 aliphatic carbocycles. The van der Waals surface area contributed by atoms with Crippen molar-refractivity contribution in [2.24, 2.45) is 0 Å². The SMILES string of the molecule is O=C(O)c1cc(F)c(-c2cccc(Cl)c2)cc1F. The van der Waals surface area contributed by atoms with Crippen molar-refractivity contribution < 1.29 is 18.7 Å². The Labute approximate surface area is 106 Å². The van der Waals surface area contributed by atoms with Gasteiger partial charge in [0.05, 0.1) is 5.56 Å². The van der Waals surface area contributed by atoms with Gasteiger partial charge in [0.15, 0.2) is 0 Å². The Kier molecular flexibility index (Phi) is 3.30. The third-order valence-electron chi connectivity index (χ3n) is 2.42. The zero-order valence-corrected chi connectivity index (χ0v) is 9.71. The van der Waals surface area contributed by atoms with Crippen molar-refractivity contribution in [3.8, 4) is 11.1 Å². The van der Waals surface area contributed by atoms with E-state index in [-0.39, 0.29) is 5.56 Å². The summed E-state index contributed by atoms with van der Waals surface area (Å²) in [5, 5.41) is 9.05. The fourth-order valence-electron chi connectivity index (χ4n) is 1.59. The van der Waals surface area contributed by atoms with E-state index in [1.165, 1.54) is 6.07 Å². The number of carboxylic acids is 1. The normalized spacial score (nSPS) is 10.4. The highest BCUT2D eigenvalue weighted by molar-refractivity contribution is 6.30. The van der Waals surface area contributed by atoms with Crippen LogP contribution >= 0.6 is 11.6 Å². The van der Waals surface area contributed by atoms with Crippen LogP contribution in [0.15, 0.2) is 36.4 Å². The molecule has 1 N–H and O–H groups in total. The molecule has 0 fully saturated rings. The van der Waals surface area contributed by atoms with Gasteiger partial charge in [-0.2, -0.15) is 0 Å². The van der Waals surface area contributed by atoms with Gasteiger partial charge in [-0.15, -0.1) is 0 Å². The largest absolute Gasteiger partial charge is 0.478 e. The smallest absolute Gasteiger partial charge is 0.338 e. The van der Waals surface area contributed by atoms with Gasteiger partial charge < -0.3 is 5.11 Å². The zero-order valence-electron chi connectivity index (χ0n) is 8.95. The highest BCUT2D eigenvalue weighted by Gasteiger charge is 2.16. The molecule has 2 rings (SSSR count). The lowest BCUT2D eigenvalue weighted by atomic mass is 10.0. The number of hydrogen-bond acceptors (Lipinski definition) is 1. The van der Waals surface area contributed by atoms with Crippen molar-refractivity contribution in [1.29, 1.82) is 0 Å². The van der Waals surface area contributed by atoms with Crippen LogP contribution < -0.4 is 0 Å². The summed E-state index contributed by atoms with van der Waals surface area (Å²) in [5.41, 5.74) is -0.339. The quantitative estimate of drug-likeness (QED) is 0.894. The Bertz CT molecular complexity index is 626. The molecule has 0 saturated heterocycles. The molecule has 0 bridgehead atoms. The Balaban J connectivity index is 2.60. The number of carbonyl (C=O) groups is 1. The maximum absolute atomic E-state index is 13.7. The average Bonchev–Trinajstić information content (AvgIpc) is 2.31. The van der Waals surface area contributed by atoms with E-state index in [1.807, 2.05) is 0 Å². The molecular weight excluding hydrogens is 262 g/mol. The van der Waals surface area contributed by atoms with Crippen molar-refractivity contribution in [3.63, 3.8) is 0 Å². The molecule has 5 heteroatoms. The minimum Gasteiger partial charge on any atom is -0.478 e. The predicted molar refractivity (Wildman–Crippen MR) is 63.8 cm³/mol. The summed E-state index contributed by atoms with van der Waals surface area (Å²) in [6, 6.07) is 7.74. The lowest BCUT2D eigenvalue weighted by Crippen LogP contribution is -2.02. The fraction of sp³-hybridized carbons (Fsp3) is 0. The van der Waals surface area contributed by atoms with E-state index < -0.39 is 23.2 Å². The zero-order chi connectivity index (χ0) is 13.3. The summed E-state index contributed by atoms with van der Waals surface area (Å²) in [5.74, 6) is -3.31. The summed E-state index contributed by atoms with van der Waals surface area (Å²) in [6.07, 6.45) is 0. The molecule has 92 valence electrons. The number of halogens is 3. The molecule has 0 radical (unpaired) electrons. The van der Waals surface area contributed by atoms with Crippen molar-refractivity contribution in [2.45, 2.75) is 0 Å². The van der Waals surface area contributed by atoms with E-state index in [0.29, 0.717) is 16.7 Å². The van der Waals surface area contributed by atoms with Gasteiger partial charge in [0.1, 0.15) is 11.6 Å². The van der Waals surface area contributed by atoms with Crippen LogP contribution in [-0.4, -0.2) is 11.1 Å². The second kappa shape index (κ2) is 4.74. The fourth-order valence-corrected chi connectivity index (χ4v) is 1.78. The second-order valence-corrected chi connectivity index (χ2v) is 4.06. The highest BCUT2D eigenvalue weighted by Crippen LogP contribution is 2.27. The molecule has 0 heterocycles. The van der Waals surface area contributed by atoms with E-state index in [1.54, 1.807) is 18.2 Å². The van der Waals surface area contributed by atoms with Crippen LogP contribution in [0, 0.1) is 11.6 Å². The molecule has 0 unspecified atom stereocenters.